The lowest BCUT2D eigenvalue weighted by atomic mass is 9.81. The topological polar surface area (TPSA) is 55.4 Å². The molecule has 0 bridgehead atoms. The van der Waals surface area contributed by atoms with Crippen LogP contribution in [-0.2, 0) is 28.4 Å². The molecule has 4 fully saturated rings. The first kappa shape index (κ1) is 15.3. The normalized spacial score (nSPS) is 51.5. The number of rotatable bonds is 2. The maximum absolute atomic E-state index is 6.40. The van der Waals surface area contributed by atoms with E-state index in [1.54, 1.807) is 14.2 Å². The van der Waals surface area contributed by atoms with Crippen molar-refractivity contribution in [2.75, 3.05) is 27.4 Å². The average molecular weight is 314 g/mol. The first-order valence-corrected chi connectivity index (χ1v) is 8.41. The Hall–Kier alpha value is -0.240. The first-order chi connectivity index (χ1) is 10.7. The smallest absolute Gasteiger partial charge is 0.226 e. The molecular formula is C16H26O6. The Morgan fingerprint density at radius 2 is 1.18 bits per heavy atom. The second-order valence-corrected chi connectivity index (χ2v) is 6.74. The number of fused-ring (bicyclic) bond motifs is 3. The van der Waals surface area contributed by atoms with E-state index in [1.807, 2.05) is 0 Å². The van der Waals surface area contributed by atoms with E-state index in [2.05, 4.69) is 0 Å². The van der Waals surface area contributed by atoms with Crippen molar-refractivity contribution in [1.82, 2.24) is 0 Å². The summed E-state index contributed by atoms with van der Waals surface area (Å²) in [6.07, 6.45) is 5.41. The zero-order chi connectivity index (χ0) is 15.2. The minimum absolute atomic E-state index is 0.0121. The summed E-state index contributed by atoms with van der Waals surface area (Å²) in [6, 6.07) is 0. The van der Waals surface area contributed by atoms with Crippen LogP contribution in [0.3, 0.4) is 0 Å². The minimum atomic E-state index is -0.915. The van der Waals surface area contributed by atoms with E-state index in [4.69, 9.17) is 28.4 Å². The second kappa shape index (κ2) is 5.69. The Kier molecular flexibility index (Phi) is 3.95. The highest BCUT2D eigenvalue weighted by Crippen LogP contribution is 2.52. The summed E-state index contributed by atoms with van der Waals surface area (Å²) < 4.78 is 36.4. The molecule has 0 aromatic rings. The predicted molar refractivity (Wildman–Crippen MR) is 76.4 cm³/mol. The highest BCUT2D eigenvalue weighted by Gasteiger charge is 2.67. The van der Waals surface area contributed by atoms with Gasteiger partial charge in [0.25, 0.3) is 0 Å². The van der Waals surface area contributed by atoms with E-state index in [0.717, 1.165) is 38.9 Å². The van der Waals surface area contributed by atoms with Gasteiger partial charge in [0.05, 0.1) is 24.4 Å². The van der Waals surface area contributed by atoms with Gasteiger partial charge in [-0.3, -0.25) is 0 Å². The van der Waals surface area contributed by atoms with Gasteiger partial charge in [0.15, 0.2) is 0 Å². The number of ether oxygens (including phenoxy) is 6. The summed E-state index contributed by atoms with van der Waals surface area (Å²) in [5, 5.41) is 0. The van der Waals surface area contributed by atoms with Crippen molar-refractivity contribution in [2.45, 2.75) is 74.5 Å². The lowest BCUT2D eigenvalue weighted by Crippen LogP contribution is -2.73. The minimum Gasteiger partial charge on any atom is -0.375 e. The summed E-state index contributed by atoms with van der Waals surface area (Å²) in [5.74, 6) is -1.83. The van der Waals surface area contributed by atoms with Crippen LogP contribution in [0, 0.1) is 0 Å². The Morgan fingerprint density at radius 1 is 0.727 bits per heavy atom. The van der Waals surface area contributed by atoms with Crippen LogP contribution in [0.4, 0.5) is 0 Å². The van der Waals surface area contributed by atoms with E-state index in [-0.39, 0.29) is 24.4 Å². The Bertz CT molecular complexity index is 347. The molecule has 0 aromatic carbocycles. The van der Waals surface area contributed by atoms with Gasteiger partial charge in [-0.1, -0.05) is 0 Å². The van der Waals surface area contributed by atoms with E-state index >= 15 is 0 Å². The van der Waals surface area contributed by atoms with Crippen molar-refractivity contribution in [3.8, 4) is 0 Å². The SMILES string of the molecule is CO[C@]12C[C@H]3OCCC[C@@H]3O[C@]1(OC)C[C@@H]1OCCC[C@H]1O2. The van der Waals surface area contributed by atoms with Crippen molar-refractivity contribution >= 4 is 0 Å². The molecule has 6 nitrogen and oxygen atoms in total. The van der Waals surface area contributed by atoms with Crippen molar-refractivity contribution in [1.29, 1.82) is 0 Å². The molecule has 4 saturated heterocycles. The molecule has 6 atom stereocenters. The molecule has 0 N–H and O–H groups in total. The van der Waals surface area contributed by atoms with Crippen molar-refractivity contribution in [2.24, 2.45) is 0 Å². The summed E-state index contributed by atoms with van der Waals surface area (Å²) >= 11 is 0. The quantitative estimate of drug-likeness (QED) is 0.772. The molecule has 4 heterocycles. The van der Waals surface area contributed by atoms with Gasteiger partial charge >= 0.3 is 0 Å². The fourth-order valence-electron chi connectivity index (χ4n) is 4.45. The van der Waals surface area contributed by atoms with E-state index in [9.17, 15) is 0 Å². The van der Waals surface area contributed by atoms with Gasteiger partial charge in [-0.2, -0.15) is 0 Å². The molecule has 6 heteroatoms. The summed E-state index contributed by atoms with van der Waals surface area (Å²) in [4.78, 5) is 0. The van der Waals surface area contributed by atoms with Crippen molar-refractivity contribution < 1.29 is 28.4 Å². The van der Waals surface area contributed by atoms with Crippen LogP contribution in [0.15, 0.2) is 0 Å². The third-order valence-corrected chi connectivity index (χ3v) is 5.62. The van der Waals surface area contributed by atoms with Crippen LogP contribution in [0.25, 0.3) is 0 Å². The number of hydrogen-bond acceptors (Lipinski definition) is 6. The van der Waals surface area contributed by atoms with Crippen molar-refractivity contribution in [3.63, 3.8) is 0 Å². The standard InChI is InChI=1S/C16H26O6/c1-17-15-9-13-12(6-4-7-19-13)22-16(15,18-2)10-14-11(21-15)5-3-8-20-14/h11-14H,3-10H2,1-2H3/t11-,12+,13-,14+,15+,16-. The molecule has 126 valence electrons. The third-order valence-electron chi connectivity index (χ3n) is 5.62. The molecule has 0 amide bonds. The van der Waals surface area contributed by atoms with Crippen LogP contribution in [0.1, 0.15) is 38.5 Å². The molecule has 0 unspecified atom stereocenters. The summed E-state index contributed by atoms with van der Waals surface area (Å²) in [6.45, 7) is 1.55. The molecule has 0 saturated carbocycles. The average Bonchev–Trinajstić information content (AvgIpc) is 2.57. The fraction of sp³-hybridized carbons (Fsp3) is 1.00. The van der Waals surface area contributed by atoms with Crippen LogP contribution in [-0.4, -0.2) is 63.4 Å². The molecular weight excluding hydrogens is 288 g/mol. The number of hydrogen-bond donors (Lipinski definition) is 0. The summed E-state index contributed by atoms with van der Waals surface area (Å²) in [7, 11) is 3.34. The van der Waals surface area contributed by atoms with E-state index in [0.29, 0.717) is 12.8 Å². The monoisotopic (exact) mass is 314 g/mol. The second-order valence-electron chi connectivity index (χ2n) is 6.74. The van der Waals surface area contributed by atoms with Gasteiger partial charge in [0.1, 0.15) is 0 Å². The Morgan fingerprint density at radius 3 is 1.59 bits per heavy atom. The van der Waals surface area contributed by atoms with Gasteiger partial charge in [0.2, 0.25) is 11.6 Å². The lowest BCUT2D eigenvalue weighted by Gasteiger charge is -2.60. The Labute approximate surface area is 131 Å². The zero-order valence-electron chi connectivity index (χ0n) is 13.4. The molecule has 22 heavy (non-hydrogen) atoms. The molecule has 0 aliphatic carbocycles. The summed E-state index contributed by atoms with van der Waals surface area (Å²) in [5.41, 5.74) is 0. The van der Waals surface area contributed by atoms with Gasteiger partial charge in [-0.05, 0) is 25.7 Å². The van der Waals surface area contributed by atoms with Crippen LogP contribution in [0.2, 0.25) is 0 Å². The third kappa shape index (κ3) is 2.16. The zero-order valence-corrected chi connectivity index (χ0v) is 13.4. The van der Waals surface area contributed by atoms with Crippen molar-refractivity contribution in [3.05, 3.63) is 0 Å². The van der Waals surface area contributed by atoms with Crippen LogP contribution < -0.4 is 0 Å². The fourth-order valence-corrected chi connectivity index (χ4v) is 4.45. The van der Waals surface area contributed by atoms with Gasteiger partial charge in [-0.25, -0.2) is 0 Å². The number of methoxy groups -OCH3 is 2. The first-order valence-electron chi connectivity index (χ1n) is 8.41. The maximum Gasteiger partial charge on any atom is 0.226 e. The molecule has 4 aliphatic rings. The van der Waals surface area contributed by atoms with Crippen LogP contribution in [0.5, 0.6) is 0 Å². The largest absolute Gasteiger partial charge is 0.375 e. The molecule has 0 spiro atoms. The maximum atomic E-state index is 6.40. The molecule has 4 rings (SSSR count). The predicted octanol–water partition coefficient (Wildman–Crippen LogP) is 1.61. The van der Waals surface area contributed by atoms with E-state index < -0.39 is 11.6 Å². The highest BCUT2D eigenvalue weighted by atomic mass is 16.8. The molecule has 0 aromatic heterocycles. The van der Waals surface area contributed by atoms with E-state index in [1.165, 1.54) is 0 Å². The molecule has 0 radical (unpaired) electrons. The highest BCUT2D eigenvalue weighted by molar-refractivity contribution is 5.05. The van der Waals surface area contributed by atoms with Gasteiger partial charge in [0, 0.05) is 40.3 Å². The van der Waals surface area contributed by atoms with Gasteiger partial charge in [-0.15, -0.1) is 0 Å². The van der Waals surface area contributed by atoms with Gasteiger partial charge < -0.3 is 28.4 Å². The van der Waals surface area contributed by atoms with Crippen LogP contribution >= 0.6 is 0 Å². The molecule has 4 aliphatic heterocycles. The Balaban J connectivity index is 1.67. The lowest BCUT2D eigenvalue weighted by molar-refractivity contribution is -0.481.